The molecule has 2 rings (SSSR count). The topological polar surface area (TPSA) is 29.1 Å². The third-order valence-electron chi connectivity index (χ3n) is 4.73. The van der Waals surface area contributed by atoms with Crippen LogP contribution in [0, 0.1) is 11.8 Å². The van der Waals surface area contributed by atoms with Crippen LogP contribution in [0.1, 0.15) is 64.2 Å². The van der Waals surface area contributed by atoms with E-state index in [0.717, 1.165) is 12.8 Å². The summed E-state index contributed by atoms with van der Waals surface area (Å²) in [7, 11) is 0. The highest BCUT2D eigenvalue weighted by Gasteiger charge is 2.15. The zero-order valence-corrected chi connectivity index (χ0v) is 13.1. The quantitative estimate of drug-likeness (QED) is 0.733. The van der Waals surface area contributed by atoms with E-state index in [2.05, 4.69) is 23.5 Å². The lowest BCUT2D eigenvalue weighted by molar-refractivity contribution is -0.111. The molecule has 2 unspecified atom stereocenters. The standard InChI is InChI=1S/C19H29NO/c21-16-17-10-4-1-2-5-12-18(13-8-7-11-17)19-14-6-3-9-15-20-19/h3,6,9,14-18,20H,1-2,4-5,7-8,10-13H2. The van der Waals surface area contributed by atoms with Crippen LogP contribution in [0.25, 0.3) is 0 Å². The van der Waals surface area contributed by atoms with Gasteiger partial charge in [-0.05, 0) is 43.8 Å². The first-order chi connectivity index (χ1) is 10.4. The van der Waals surface area contributed by atoms with Gasteiger partial charge in [0.15, 0.2) is 0 Å². The molecule has 0 aromatic carbocycles. The van der Waals surface area contributed by atoms with Crippen LogP contribution in [0.4, 0.5) is 0 Å². The molecule has 21 heavy (non-hydrogen) atoms. The van der Waals surface area contributed by atoms with E-state index in [1.807, 2.05) is 12.3 Å². The molecule has 2 heteroatoms. The Hall–Kier alpha value is -1.31. The number of nitrogens with one attached hydrogen (secondary N) is 1. The van der Waals surface area contributed by atoms with Crippen molar-refractivity contribution in [2.45, 2.75) is 64.2 Å². The van der Waals surface area contributed by atoms with E-state index in [9.17, 15) is 4.79 Å². The monoisotopic (exact) mass is 287 g/mol. The van der Waals surface area contributed by atoms with Crippen molar-refractivity contribution < 1.29 is 4.79 Å². The van der Waals surface area contributed by atoms with Gasteiger partial charge in [-0.1, -0.05) is 50.7 Å². The fraction of sp³-hybridized carbons (Fsp3) is 0.632. The number of carbonyl (C=O) groups is 1. The second-order valence-corrected chi connectivity index (χ2v) is 6.38. The molecule has 1 heterocycles. The second kappa shape index (κ2) is 9.59. The molecule has 116 valence electrons. The van der Waals surface area contributed by atoms with E-state index < -0.39 is 0 Å². The molecule has 0 aromatic rings. The van der Waals surface area contributed by atoms with E-state index in [1.165, 1.54) is 63.3 Å². The maximum Gasteiger partial charge on any atom is 0.123 e. The number of allylic oxidation sites excluding steroid dienone is 5. The Labute approximate surface area is 129 Å². The molecule has 0 spiro atoms. The molecule has 1 fully saturated rings. The van der Waals surface area contributed by atoms with Gasteiger partial charge in [-0.3, -0.25) is 0 Å². The van der Waals surface area contributed by atoms with Crippen molar-refractivity contribution in [3.8, 4) is 0 Å². The van der Waals surface area contributed by atoms with Gasteiger partial charge in [-0.2, -0.15) is 0 Å². The summed E-state index contributed by atoms with van der Waals surface area (Å²) in [6, 6.07) is 0. The number of carbonyl (C=O) groups excluding carboxylic acids is 1. The maximum atomic E-state index is 11.1. The first-order valence-corrected chi connectivity index (χ1v) is 8.65. The van der Waals surface area contributed by atoms with Gasteiger partial charge in [0.1, 0.15) is 6.29 Å². The molecular formula is C19H29NO. The van der Waals surface area contributed by atoms with Crippen molar-refractivity contribution in [3.05, 3.63) is 36.2 Å². The second-order valence-electron chi connectivity index (χ2n) is 6.38. The molecule has 0 radical (unpaired) electrons. The Morgan fingerprint density at radius 3 is 2.29 bits per heavy atom. The lowest BCUT2D eigenvalue weighted by Gasteiger charge is -2.21. The zero-order valence-electron chi connectivity index (χ0n) is 13.1. The van der Waals surface area contributed by atoms with Gasteiger partial charge in [0, 0.05) is 17.8 Å². The minimum absolute atomic E-state index is 0.309. The molecule has 1 aliphatic carbocycles. The fourth-order valence-electron chi connectivity index (χ4n) is 3.41. The first-order valence-electron chi connectivity index (χ1n) is 8.65. The van der Waals surface area contributed by atoms with Gasteiger partial charge in [-0.15, -0.1) is 0 Å². The number of aldehydes is 1. The van der Waals surface area contributed by atoms with Crippen LogP contribution in [0.5, 0.6) is 0 Å². The highest BCUT2D eigenvalue weighted by Crippen LogP contribution is 2.27. The minimum Gasteiger partial charge on any atom is -0.365 e. The Bertz CT molecular complexity index is 394. The van der Waals surface area contributed by atoms with E-state index in [0.29, 0.717) is 11.8 Å². The summed E-state index contributed by atoms with van der Waals surface area (Å²) in [5.74, 6) is 0.954. The van der Waals surface area contributed by atoms with Gasteiger partial charge in [0.25, 0.3) is 0 Å². The summed E-state index contributed by atoms with van der Waals surface area (Å²) in [6.45, 7) is 0. The summed E-state index contributed by atoms with van der Waals surface area (Å²) in [6.07, 6.45) is 24.0. The Kier molecular flexibility index (Phi) is 7.34. The molecule has 1 N–H and O–H groups in total. The van der Waals surface area contributed by atoms with Crippen LogP contribution < -0.4 is 5.32 Å². The van der Waals surface area contributed by atoms with E-state index in [-0.39, 0.29) is 0 Å². The molecule has 2 aliphatic rings. The zero-order chi connectivity index (χ0) is 14.8. The largest absolute Gasteiger partial charge is 0.365 e. The Morgan fingerprint density at radius 1 is 0.857 bits per heavy atom. The molecule has 1 aliphatic heterocycles. The predicted octanol–water partition coefficient (Wildman–Crippen LogP) is 4.89. The number of hydrogen-bond acceptors (Lipinski definition) is 2. The first kappa shape index (κ1) is 16.1. The highest BCUT2D eigenvalue weighted by atomic mass is 16.1. The van der Waals surface area contributed by atoms with E-state index >= 15 is 0 Å². The Morgan fingerprint density at radius 2 is 1.52 bits per heavy atom. The van der Waals surface area contributed by atoms with Crippen LogP contribution in [0.15, 0.2) is 36.2 Å². The average Bonchev–Trinajstić information content (AvgIpc) is 2.77. The van der Waals surface area contributed by atoms with Gasteiger partial charge >= 0.3 is 0 Å². The average molecular weight is 287 g/mol. The smallest absolute Gasteiger partial charge is 0.123 e. The van der Waals surface area contributed by atoms with Gasteiger partial charge in [0.2, 0.25) is 0 Å². The SMILES string of the molecule is O=CC1CCCCCCC(C2=CC=CC=CN2)CCCC1. The van der Waals surface area contributed by atoms with Crippen molar-refractivity contribution in [2.75, 3.05) is 0 Å². The van der Waals surface area contributed by atoms with Crippen molar-refractivity contribution in [1.29, 1.82) is 0 Å². The molecule has 2 atom stereocenters. The number of rotatable bonds is 2. The lowest BCUT2D eigenvalue weighted by Crippen LogP contribution is -2.16. The molecule has 0 bridgehead atoms. The van der Waals surface area contributed by atoms with Crippen molar-refractivity contribution >= 4 is 6.29 Å². The lowest BCUT2D eigenvalue weighted by atomic mass is 9.88. The fourth-order valence-corrected chi connectivity index (χ4v) is 3.41. The van der Waals surface area contributed by atoms with Crippen LogP contribution >= 0.6 is 0 Å². The predicted molar refractivity (Wildman–Crippen MR) is 88.7 cm³/mol. The highest BCUT2D eigenvalue weighted by molar-refractivity contribution is 5.53. The van der Waals surface area contributed by atoms with Gasteiger partial charge in [0.05, 0.1) is 0 Å². The third-order valence-corrected chi connectivity index (χ3v) is 4.73. The van der Waals surface area contributed by atoms with Crippen LogP contribution in [-0.4, -0.2) is 6.29 Å². The summed E-state index contributed by atoms with van der Waals surface area (Å²) in [5, 5.41) is 3.45. The summed E-state index contributed by atoms with van der Waals surface area (Å²) >= 11 is 0. The summed E-state index contributed by atoms with van der Waals surface area (Å²) in [4.78, 5) is 11.1. The molecule has 1 saturated carbocycles. The van der Waals surface area contributed by atoms with Crippen LogP contribution in [0.2, 0.25) is 0 Å². The summed E-state index contributed by atoms with van der Waals surface area (Å²) in [5.41, 5.74) is 1.36. The van der Waals surface area contributed by atoms with Crippen molar-refractivity contribution in [2.24, 2.45) is 11.8 Å². The minimum atomic E-state index is 0.309. The normalized spacial score (nSPS) is 28.5. The van der Waals surface area contributed by atoms with Crippen molar-refractivity contribution in [1.82, 2.24) is 5.32 Å². The Balaban J connectivity index is 1.91. The van der Waals surface area contributed by atoms with Gasteiger partial charge < -0.3 is 10.1 Å². The van der Waals surface area contributed by atoms with Crippen LogP contribution in [-0.2, 0) is 4.79 Å². The van der Waals surface area contributed by atoms with Crippen LogP contribution in [0.3, 0.4) is 0 Å². The maximum absolute atomic E-state index is 11.1. The molecule has 2 nitrogen and oxygen atoms in total. The van der Waals surface area contributed by atoms with Gasteiger partial charge in [-0.25, -0.2) is 0 Å². The molecular weight excluding hydrogens is 258 g/mol. The summed E-state index contributed by atoms with van der Waals surface area (Å²) < 4.78 is 0. The third kappa shape index (κ3) is 5.91. The van der Waals surface area contributed by atoms with Crippen molar-refractivity contribution in [3.63, 3.8) is 0 Å². The number of hydrogen-bond donors (Lipinski definition) is 1. The molecule has 0 saturated heterocycles. The molecule has 0 aromatic heterocycles. The molecule has 0 amide bonds. The van der Waals surface area contributed by atoms with E-state index in [1.54, 1.807) is 0 Å². The van der Waals surface area contributed by atoms with E-state index in [4.69, 9.17) is 0 Å².